The Morgan fingerprint density at radius 2 is 2.00 bits per heavy atom. The fraction of sp³-hybridized carbons (Fsp3) is 0.667. The molecule has 0 radical (unpaired) electrons. The van der Waals surface area contributed by atoms with E-state index < -0.39 is 0 Å². The van der Waals surface area contributed by atoms with Crippen LogP contribution in [0.3, 0.4) is 0 Å². The third-order valence-electron chi connectivity index (χ3n) is 4.42. The Morgan fingerprint density at radius 3 is 2.57 bits per heavy atom. The van der Waals surface area contributed by atoms with E-state index in [9.17, 15) is 5.26 Å². The molecule has 1 saturated carbocycles. The molecule has 1 fully saturated rings. The van der Waals surface area contributed by atoms with Crippen LogP contribution in [-0.2, 0) is 0 Å². The van der Waals surface area contributed by atoms with Crippen molar-refractivity contribution in [2.24, 2.45) is 5.92 Å². The van der Waals surface area contributed by atoms with Gasteiger partial charge in [0.05, 0.1) is 5.56 Å². The van der Waals surface area contributed by atoms with Crippen LogP contribution < -0.4 is 4.90 Å². The zero-order valence-corrected chi connectivity index (χ0v) is 13.8. The van der Waals surface area contributed by atoms with Crippen LogP contribution in [0.1, 0.15) is 62.8 Å². The third-order valence-corrected chi connectivity index (χ3v) is 4.42. The van der Waals surface area contributed by atoms with Crippen molar-refractivity contribution in [2.75, 3.05) is 11.4 Å². The largest absolute Gasteiger partial charge is 0.353 e. The van der Waals surface area contributed by atoms with E-state index in [-0.39, 0.29) is 0 Å². The number of pyridine rings is 1. The summed E-state index contributed by atoms with van der Waals surface area (Å²) in [6, 6.07) is 4.95. The summed E-state index contributed by atoms with van der Waals surface area (Å²) in [6.45, 7) is 9.56. The first-order valence-electron chi connectivity index (χ1n) is 8.18. The molecule has 1 heterocycles. The van der Waals surface area contributed by atoms with Gasteiger partial charge in [-0.2, -0.15) is 5.26 Å². The minimum Gasteiger partial charge on any atom is -0.353 e. The SMILES string of the molecule is Cc1cc(C)c(C#N)c(N(CCC(C)C)C2CCCC2)n1. The van der Waals surface area contributed by atoms with Crippen LogP contribution in [0.4, 0.5) is 5.82 Å². The van der Waals surface area contributed by atoms with Gasteiger partial charge in [-0.1, -0.05) is 26.7 Å². The molecular weight excluding hydrogens is 258 g/mol. The van der Waals surface area contributed by atoms with E-state index in [0.717, 1.165) is 35.6 Å². The number of anilines is 1. The number of rotatable bonds is 5. The van der Waals surface area contributed by atoms with Gasteiger partial charge in [0.15, 0.2) is 0 Å². The van der Waals surface area contributed by atoms with Gasteiger partial charge in [0, 0.05) is 18.3 Å². The number of aryl methyl sites for hydroxylation is 2. The fourth-order valence-electron chi connectivity index (χ4n) is 3.24. The van der Waals surface area contributed by atoms with Crippen LogP contribution in [0.15, 0.2) is 6.07 Å². The summed E-state index contributed by atoms with van der Waals surface area (Å²) in [6.07, 6.45) is 6.22. The lowest BCUT2D eigenvalue weighted by Gasteiger charge is -2.32. The summed E-state index contributed by atoms with van der Waals surface area (Å²) in [5.74, 6) is 1.59. The van der Waals surface area contributed by atoms with E-state index in [1.807, 2.05) is 19.9 Å². The molecule has 1 aromatic heterocycles. The van der Waals surface area contributed by atoms with Gasteiger partial charge in [0.1, 0.15) is 11.9 Å². The normalized spacial score (nSPS) is 15.4. The topological polar surface area (TPSA) is 39.9 Å². The van der Waals surface area contributed by atoms with Gasteiger partial charge in [-0.05, 0) is 50.7 Å². The summed E-state index contributed by atoms with van der Waals surface area (Å²) >= 11 is 0. The molecule has 2 rings (SSSR count). The fourth-order valence-corrected chi connectivity index (χ4v) is 3.24. The highest BCUT2D eigenvalue weighted by molar-refractivity contribution is 5.58. The van der Waals surface area contributed by atoms with Gasteiger partial charge >= 0.3 is 0 Å². The molecule has 0 aromatic carbocycles. The molecule has 0 atom stereocenters. The van der Waals surface area contributed by atoms with E-state index in [0.29, 0.717) is 12.0 Å². The summed E-state index contributed by atoms with van der Waals surface area (Å²) in [5.41, 5.74) is 2.82. The van der Waals surface area contributed by atoms with E-state index in [1.54, 1.807) is 0 Å². The van der Waals surface area contributed by atoms with Crippen molar-refractivity contribution in [3.63, 3.8) is 0 Å². The Bertz CT molecular complexity index is 522. The van der Waals surface area contributed by atoms with Gasteiger partial charge < -0.3 is 4.90 Å². The van der Waals surface area contributed by atoms with Crippen molar-refractivity contribution in [1.82, 2.24) is 4.98 Å². The molecule has 3 heteroatoms. The van der Waals surface area contributed by atoms with Crippen molar-refractivity contribution >= 4 is 5.82 Å². The van der Waals surface area contributed by atoms with Crippen LogP contribution in [0.25, 0.3) is 0 Å². The summed E-state index contributed by atoms with van der Waals surface area (Å²) in [4.78, 5) is 7.15. The predicted molar refractivity (Wildman–Crippen MR) is 87.5 cm³/mol. The first-order chi connectivity index (χ1) is 10.0. The number of aromatic nitrogens is 1. The molecule has 1 aliphatic rings. The molecule has 0 bridgehead atoms. The van der Waals surface area contributed by atoms with Crippen molar-refractivity contribution in [3.05, 3.63) is 22.9 Å². The van der Waals surface area contributed by atoms with Crippen molar-refractivity contribution in [3.8, 4) is 6.07 Å². The number of hydrogen-bond acceptors (Lipinski definition) is 3. The molecule has 21 heavy (non-hydrogen) atoms. The van der Waals surface area contributed by atoms with Gasteiger partial charge in [0.25, 0.3) is 0 Å². The maximum atomic E-state index is 9.54. The Morgan fingerprint density at radius 1 is 1.33 bits per heavy atom. The summed E-state index contributed by atoms with van der Waals surface area (Å²) in [5, 5.41) is 9.54. The Labute approximate surface area is 129 Å². The highest BCUT2D eigenvalue weighted by atomic mass is 15.2. The molecule has 3 nitrogen and oxygen atoms in total. The minimum absolute atomic E-state index is 0.560. The smallest absolute Gasteiger partial charge is 0.147 e. The van der Waals surface area contributed by atoms with Crippen LogP contribution in [-0.4, -0.2) is 17.6 Å². The van der Waals surface area contributed by atoms with Gasteiger partial charge in [-0.15, -0.1) is 0 Å². The molecule has 1 aromatic rings. The Balaban J connectivity index is 2.37. The van der Waals surface area contributed by atoms with Gasteiger partial charge in [0.2, 0.25) is 0 Å². The van der Waals surface area contributed by atoms with Crippen LogP contribution in [0.2, 0.25) is 0 Å². The molecule has 0 N–H and O–H groups in total. The lowest BCUT2D eigenvalue weighted by atomic mass is 10.1. The minimum atomic E-state index is 0.560. The zero-order valence-electron chi connectivity index (χ0n) is 13.8. The zero-order chi connectivity index (χ0) is 15.4. The second-order valence-electron chi connectivity index (χ2n) is 6.71. The third kappa shape index (κ3) is 3.75. The van der Waals surface area contributed by atoms with Crippen LogP contribution >= 0.6 is 0 Å². The van der Waals surface area contributed by atoms with E-state index in [2.05, 4.69) is 24.8 Å². The van der Waals surface area contributed by atoms with Crippen molar-refractivity contribution in [1.29, 1.82) is 5.26 Å². The Kier molecular flexibility index (Phi) is 5.22. The monoisotopic (exact) mass is 285 g/mol. The number of nitrogens with zero attached hydrogens (tertiary/aromatic N) is 3. The molecule has 0 amide bonds. The van der Waals surface area contributed by atoms with Crippen molar-refractivity contribution in [2.45, 2.75) is 65.8 Å². The second-order valence-corrected chi connectivity index (χ2v) is 6.71. The molecule has 114 valence electrons. The maximum absolute atomic E-state index is 9.54. The first kappa shape index (κ1) is 15.8. The Hall–Kier alpha value is -1.56. The van der Waals surface area contributed by atoms with Crippen LogP contribution in [0.5, 0.6) is 0 Å². The lowest BCUT2D eigenvalue weighted by molar-refractivity contribution is 0.524. The van der Waals surface area contributed by atoms with Crippen LogP contribution in [0, 0.1) is 31.1 Å². The highest BCUT2D eigenvalue weighted by Crippen LogP contribution is 2.31. The summed E-state index contributed by atoms with van der Waals surface area (Å²) < 4.78 is 0. The number of hydrogen-bond donors (Lipinski definition) is 0. The molecular formula is C18H27N3. The lowest BCUT2D eigenvalue weighted by Crippen LogP contribution is -2.36. The van der Waals surface area contributed by atoms with Crippen molar-refractivity contribution < 1.29 is 0 Å². The molecule has 1 aliphatic carbocycles. The van der Waals surface area contributed by atoms with E-state index in [1.165, 1.54) is 25.7 Å². The average Bonchev–Trinajstić information content (AvgIpc) is 2.92. The average molecular weight is 285 g/mol. The van der Waals surface area contributed by atoms with Gasteiger partial charge in [-0.3, -0.25) is 0 Å². The molecule has 0 saturated heterocycles. The molecule has 0 aliphatic heterocycles. The highest BCUT2D eigenvalue weighted by Gasteiger charge is 2.26. The van der Waals surface area contributed by atoms with E-state index >= 15 is 0 Å². The number of nitriles is 1. The second kappa shape index (κ2) is 6.93. The predicted octanol–water partition coefficient (Wildman–Crippen LogP) is 4.37. The quantitative estimate of drug-likeness (QED) is 0.806. The molecule has 0 unspecified atom stereocenters. The van der Waals surface area contributed by atoms with E-state index in [4.69, 9.17) is 4.98 Å². The van der Waals surface area contributed by atoms with Gasteiger partial charge in [-0.25, -0.2) is 4.98 Å². The first-order valence-corrected chi connectivity index (χ1v) is 8.18. The summed E-state index contributed by atoms with van der Waals surface area (Å²) in [7, 11) is 0. The molecule has 0 spiro atoms. The standard InChI is InChI=1S/C18H27N3/c1-13(2)9-10-21(16-7-5-6-8-16)18-17(12-19)14(3)11-15(4)20-18/h11,13,16H,5-10H2,1-4H3. The maximum Gasteiger partial charge on any atom is 0.147 e.